The van der Waals surface area contributed by atoms with Crippen LogP contribution in [0.1, 0.15) is 22.7 Å². The van der Waals surface area contributed by atoms with Gasteiger partial charge in [0.1, 0.15) is 5.75 Å². The molecule has 2 aromatic carbocycles. The summed E-state index contributed by atoms with van der Waals surface area (Å²) >= 11 is 0. The van der Waals surface area contributed by atoms with E-state index in [2.05, 4.69) is 55.3 Å². The van der Waals surface area contributed by atoms with Crippen LogP contribution in [-0.4, -0.2) is 25.1 Å². The van der Waals surface area contributed by atoms with Gasteiger partial charge in [-0.05, 0) is 25.6 Å². The van der Waals surface area contributed by atoms with E-state index < -0.39 is 0 Å². The molecule has 0 fully saturated rings. The molecule has 1 heterocycles. The Balaban J connectivity index is 1.66. The maximum Gasteiger partial charge on any atom is 0.124 e. The van der Waals surface area contributed by atoms with E-state index in [9.17, 15) is 0 Å². The van der Waals surface area contributed by atoms with E-state index in [1.165, 1.54) is 11.1 Å². The largest absolute Gasteiger partial charge is 0.493 e. The van der Waals surface area contributed by atoms with Gasteiger partial charge in [0.05, 0.1) is 6.61 Å². The minimum absolute atomic E-state index is 0.0434. The van der Waals surface area contributed by atoms with Crippen molar-refractivity contribution in [3.05, 3.63) is 65.2 Å². The van der Waals surface area contributed by atoms with Gasteiger partial charge in [0, 0.05) is 30.6 Å². The van der Waals surface area contributed by atoms with E-state index in [0.717, 1.165) is 24.4 Å². The van der Waals surface area contributed by atoms with E-state index >= 15 is 0 Å². The Labute approximate surface area is 132 Å². The molecule has 0 saturated carbocycles. The third-order valence-electron chi connectivity index (χ3n) is 4.33. The molecule has 0 saturated heterocycles. The SMILES string of the molecule is Cc1ccc2c(c1)C(N)C(CN(C)Cc1ccccc1)CO2. The van der Waals surface area contributed by atoms with Crippen molar-refractivity contribution in [2.75, 3.05) is 20.2 Å². The van der Waals surface area contributed by atoms with Gasteiger partial charge in [-0.25, -0.2) is 0 Å². The zero-order chi connectivity index (χ0) is 15.5. The molecule has 0 bridgehead atoms. The fourth-order valence-corrected chi connectivity index (χ4v) is 3.14. The number of hydrogen-bond acceptors (Lipinski definition) is 3. The molecule has 0 amide bonds. The Bertz CT molecular complexity index is 627. The van der Waals surface area contributed by atoms with Gasteiger partial charge >= 0.3 is 0 Å². The predicted octanol–water partition coefficient (Wildman–Crippen LogP) is 3.14. The van der Waals surface area contributed by atoms with Crippen LogP contribution in [0.2, 0.25) is 0 Å². The Morgan fingerprint density at radius 2 is 1.95 bits per heavy atom. The molecule has 0 spiro atoms. The van der Waals surface area contributed by atoms with Gasteiger partial charge < -0.3 is 15.4 Å². The van der Waals surface area contributed by atoms with Crippen molar-refractivity contribution in [2.24, 2.45) is 11.7 Å². The van der Waals surface area contributed by atoms with E-state index in [1.54, 1.807) is 0 Å². The zero-order valence-corrected chi connectivity index (χ0v) is 13.3. The van der Waals surface area contributed by atoms with Gasteiger partial charge in [0.15, 0.2) is 0 Å². The summed E-state index contributed by atoms with van der Waals surface area (Å²) in [4.78, 5) is 2.32. The highest BCUT2D eigenvalue weighted by Crippen LogP contribution is 2.34. The summed E-state index contributed by atoms with van der Waals surface area (Å²) in [5.74, 6) is 1.27. The Morgan fingerprint density at radius 3 is 2.73 bits per heavy atom. The minimum atomic E-state index is 0.0434. The summed E-state index contributed by atoms with van der Waals surface area (Å²) in [6, 6.07) is 16.8. The molecule has 2 N–H and O–H groups in total. The maximum atomic E-state index is 6.49. The predicted molar refractivity (Wildman–Crippen MR) is 89.9 cm³/mol. The van der Waals surface area contributed by atoms with Gasteiger partial charge in [0.2, 0.25) is 0 Å². The summed E-state index contributed by atoms with van der Waals surface area (Å²) in [5, 5.41) is 0. The number of nitrogens with zero attached hydrogens (tertiary/aromatic N) is 1. The molecule has 3 nitrogen and oxygen atoms in total. The van der Waals surface area contributed by atoms with Crippen LogP contribution in [0.3, 0.4) is 0 Å². The normalized spacial score (nSPS) is 20.5. The molecule has 3 rings (SSSR count). The van der Waals surface area contributed by atoms with Crippen LogP contribution >= 0.6 is 0 Å². The second-order valence-corrected chi connectivity index (χ2v) is 6.32. The molecule has 0 aliphatic carbocycles. The first-order valence-electron chi connectivity index (χ1n) is 7.85. The number of ether oxygens (including phenoxy) is 1. The van der Waals surface area contributed by atoms with Crippen molar-refractivity contribution >= 4 is 0 Å². The van der Waals surface area contributed by atoms with Crippen LogP contribution in [-0.2, 0) is 6.54 Å². The number of benzene rings is 2. The number of hydrogen-bond donors (Lipinski definition) is 1. The molecular formula is C19H24N2O. The molecule has 22 heavy (non-hydrogen) atoms. The zero-order valence-electron chi connectivity index (χ0n) is 13.3. The first-order valence-corrected chi connectivity index (χ1v) is 7.85. The first-order chi connectivity index (χ1) is 10.6. The molecule has 116 valence electrons. The second kappa shape index (κ2) is 6.51. The van der Waals surface area contributed by atoms with Crippen molar-refractivity contribution in [3.63, 3.8) is 0 Å². The maximum absolute atomic E-state index is 6.49. The summed E-state index contributed by atoms with van der Waals surface area (Å²) in [7, 11) is 2.14. The lowest BCUT2D eigenvalue weighted by Gasteiger charge is -2.34. The lowest BCUT2D eigenvalue weighted by molar-refractivity contribution is 0.149. The van der Waals surface area contributed by atoms with Gasteiger partial charge in [-0.1, -0.05) is 48.0 Å². The van der Waals surface area contributed by atoms with Gasteiger partial charge in [-0.3, -0.25) is 0 Å². The highest BCUT2D eigenvalue weighted by Gasteiger charge is 2.28. The Kier molecular flexibility index (Phi) is 4.46. The summed E-state index contributed by atoms with van der Waals surface area (Å²) < 4.78 is 5.91. The fraction of sp³-hybridized carbons (Fsp3) is 0.368. The van der Waals surface area contributed by atoms with E-state index in [1.807, 2.05) is 12.1 Å². The monoisotopic (exact) mass is 296 g/mol. The van der Waals surface area contributed by atoms with Gasteiger partial charge in [0.25, 0.3) is 0 Å². The van der Waals surface area contributed by atoms with Gasteiger partial charge in [-0.2, -0.15) is 0 Å². The molecular weight excluding hydrogens is 272 g/mol. The highest BCUT2D eigenvalue weighted by molar-refractivity contribution is 5.40. The lowest BCUT2D eigenvalue weighted by atomic mass is 9.90. The van der Waals surface area contributed by atoms with Crippen LogP contribution < -0.4 is 10.5 Å². The van der Waals surface area contributed by atoms with E-state index in [4.69, 9.17) is 10.5 Å². The number of aryl methyl sites for hydroxylation is 1. The average Bonchev–Trinajstić information content (AvgIpc) is 2.51. The van der Waals surface area contributed by atoms with E-state index in [-0.39, 0.29) is 6.04 Å². The summed E-state index contributed by atoms with van der Waals surface area (Å²) in [6.45, 7) is 4.66. The number of nitrogens with two attached hydrogens (primary N) is 1. The second-order valence-electron chi connectivity index (χ2n) is 6.32. The van der Waals surface area contributed by atoms with Crippen molar-refractivity contribution < 1.29 is 4.74 Å². The van der Waals surface area contributed by atoms with Crippen LogP contribution in [0, 0.1) is 12.8 Å². The van der Waals surface area contributed by atoms with Crippen molar-refractivity contribution in [1.82, 2.24) is 4.90 Å². The molecule has 2 unspecified atom stereocenters. The highest BCUT2D eigenvalue weighted by atomic mass is 16.5. The van der Waals surface area contributed by atoms with Crippen LogP contribution in [0.4, 0.5) is 0 Å². The third kappa shape index (κ3) is 3.32. The minimum Gasteiger partial charge on any atom is -0.493 e. The molecule has 3 heteroatoms. The lowest BCUT2D eigenvalue weighted by Crippen LogP contribution is -2.38. The summed E-state index contributed by atoms with van der Waals surface area (Å²) in [6.07, 6.45) is 0. The van der Waals surface area contributed by atoms with Crippen LogP contribution in [0.5, 0.6) is 5.75 Å². The Morgan fingerprint density at radius 1 is 1.18 bits per heavy atom. The van der Waals surface area contributed by atoms with E-state index in [0.29, 0.717) is 12.5 Å². The molecule has 2 atom stereocenters. The smallest absolute Gasteiger partial charge is 0.124 e. The molecule has 1 aliphatic heterocycles. The standard InChI is InChI=1S/C19H24N2O/c1-14-8-9-18-17(10-14)19(20)16(13-22-18)12-21(2)11-15-6-4-3-5-7-15/h3-10,16,19H,11-13,20H2,1-2H3. The summed E-state index contributed by atoms with van der Waals surface area (Å²) in [5.41, 5.74) is 10.2. The first kappa shape index (κ1) is 15.1. The fourth-order valence-electron chi connectivity index (χ4n) is 3.14. The van der Waals surface area contributed by atoms with Crippen LogP contribution in [0.15, 0.2) is 48.5 Å². The Hall–Kier alpha value is -1.84. The topological polar surface area (TPSA) is 38.5 Å². The molecule has 0 radical (unpaired) electrons. The molecule has 2 aromatic rings. The number of rotatable bonds is 4. The molecule has 0 aromatic heterocycles. The number of fused-ring (bicyclic) bond motifs is 1. The van der Waals surface area contributed by atoms with Crippen molar-refractivity contribution in [1.29, 1.82) is 0 Å². The van der Waals surface area contributed by atoms with Crippen molar-refractivity contribution in [3.8, 4) is 5.75 Å². The van der Waals surface area contributed by atoms with Crippen LogP contribution in [0.25, 0.3) is 0 Å². The average molecular weight is 296 g/mol. The molecule has 1 aliphatic rings. The van der Waals surface area contributed by atoms with Crippen molar-refractivity contribution in [2.45, 2.75) is 19.5 Å². The third-order valence-corrected chi connectivity index (χ3v) is 4.33. The van der Waals surface area contributed by atoms with Gasteiger partial charge in [-0.15, -0.1) is 0 Å². The quantitative estimate of drug-likeness (QED) is 0.942.